The van der Waals surface area contributed by atoms with Gasteiger partial charge in [-0.1, -0.05) is 5.16 Å². The number of hydrogen-bond donors (Lipinski definition) is 2. The minimum Gasteiger partial charge on any atom is -0.355 e. The Bertz CT molecular complexity index is 830. The molecule has 3 rings (SSSR count). The van der Waals surface area contributed by atoms with Crippen LogP contribution in [0.2, 0.25) is 0 Å². The van der Waals surface area contributed by atoms with Crippen LogP contribution in [-0.2, 0) is 24.7 Å². The summed E-state index contributed by atoms with van der Waals surface area (Å²) in [5.74, 6) is 1.35. The molecule has 0 aliphatic heterocycles. The monoisotopic (exact) mass is 319 g/mol. The summed E-state index contributed by atoms with van der Waals surface area (Å²) in [6.07, 6.45) is 3.81. The van der Waals surface area contributed by atoms with E-state index in [-0.39, 0.29) is 17.9 Å². The molecule has 0 radical (unpaired) electrons. The molecule has 0 spiro atoms. The number of H-pyrrole nitrogens is 1. The van der Waals surface area contributed by atoms with Crippen molar-refractivity contribution < 1.29 is 9.32 Å². The van der Waals surface area contributed by atoms with Crippen molar-refractivity contribution in [1.82, 2.24) is 25.0 Å². The van der Waals surface area contributed by atoms with Gasteiger partial charge in [0.1, 0.15) is 0 Å². The van der Waals surface area contributed by atoms with Crippen LogP contribution < -0.4 is 16.6 Å². The summed E-state index contributed by atoms with van der Waals surface area (Å²) >= 11 is 0. The predicted octanol–water partition coefficient (Wildman–Crippen LogP) is -0.765. The van der Waals surface area contributed by atoms with Crippen molar-refractivity contribution in [1.29, 1.82) is 0 Å². The third-order valence-electron chi connectivity index (χ3n) is 3.69. The zero-order valence-corrected chi connectivity index (χ0v) is 12.7. The van der Waals surface area contributed by atoms with Gasteiger partial charge in [0.2, 0.25) is 11.8 Å². The van der Waals surface area contributed by atoms with E-state index < -0.39 is 11.2 Å². The lowest BCUT2D eigenvalue weighted by Gasteiger charge is -2.04. The van der Waals surface area contributed by atoms with E-state index >= 15 is 0 Å². The van der Waals surface area contributed by atoms with Gasteiger partial charge < -0.3 is 14.8 Å². The standard InChI is InChI=1S/C14H17N5O4/c1-19-13(21)9(7-16-14(19)22)6-10(20)15-5-4-11-17-12(18-23-11)8-2-3-8/h7-8H,2-6H2,1H3,(H,15,20)(H,16,22). The molecule has 2 N–H and O–H groups in total. The van der Waals surface area contributed by atoms with Gasteiger partial charge in [-0.05, 0) is 12.8 Å². The van der Waals surface area contributed by atoms with Crippen LogP contribution in [0.15, 0.2) is 20.3 Å². The second-order valence-corrected chi connectivity index (χ2v) is 5.58. The summed E-state index contributed by atoms with van der Waals surface area (Å²) in [6.45, 7) is 0.342. The molecule has 0 bridgehead atoms. The summed E-state index contributed by atoms with van der Waals surface area (Å²) < 4.78 is 6.04. The van der Waals surface area contributed by atoms with E-state index in [9.17, 15) is 14.4 Å². The average molecular weight is 319 g/mol. The first-order valence-electron chi connectivity index (χ1n) is 7.41. The topological polar surface area (TPSA) is 123 Å². The fraction of sp³-hybridized carbons (Fsp3) is 0.500. The van der Waals surface area contributed by atoms with Crippen LogP contribution in [0.4, 0.5) is 0 Å². The summed E-state index contributed by atoms with van der Waals surface area (Å²) in [4.78, 5) is 41.6. The van der Waals surface area contributed by atoms with Crippen LogP contribution in [0.25, 0.3) is 0 Å². The zero-order chi connectivity index (χ0) is 16.4. The number of aromatic nitrogens is 4. The van der Waals surface area contributed by atoms with Gasteiger partial charge in [0.25, 0.3) is 5.56 Å². The lowest BCUT2D eigenvalue weighted by atomic mass is 10.2. The number of carbonyl (C=O) groups excluding carboxylic acids is 1. The van der Waals surface area contributed by atoms with E-state index in [4.69, 9.17) is 4.52 Å². The van der Waals surface area contributed by atoms with Crippen LogP contribution in [0.1, 0.15) is 36.0 Å². The molecule has 0 atom stereocenters. The molecule has 1 fully saturated rings. The summed E-state index contributed by atoms with van der Waals surface area (Å²) in [7, 11) is 1.36. The number of amides is 1. The first-order valence-corrected chi connectivity index (χ1v) is 7.41. The molecule has 9 heteroatoms. The Morgan fingerprint density at radius 3 is 3.00 bits per heavy atom. The molecule has 1 aliphatic rings. The number of rotatable bonds is 6. The van der Waals surface area contributed by atoms with Crippen molar-refractivity contribution in [2.45, 2.75) is 31.6 Å². The third-order valence-corrected chi connectivity index (χ3v) is 3.69. The Balaban J connectivity index is 1.50. The summed E-state index contributed by atoms with van der Waals surface area (Å²) in [6, 6.07) is 0. The second-order valence-electron chi connectivity index (χ2n) is 5.58. The smallest absolute Gasteiger partial charge is 0.328 e. The Morgan fingerprint density at radius 2 is 2.26 bits per heavy atom. The Labute approximate surface area is 130 Å². The molecule has 0 saturated heterocycles. The van der Waals surface area contributed by atoms with Crippen LogP contribution in [0.5, 0.6) is 0 Å². The first kappa shape index (κ1) is 15.2. The van der Waals surface area contributed by atoms with E-state index in [1.165, 1.54) is 13.2 Å². The molecule has 2 heterocycles. The Hall–Kier alpha value is -2.71. The molecule has 1 aliphatic carbocycles. The number of nitrogens with zero attached hydrogens (tertiary/aromatic N) is 3. The number of carbonyl (C=O) groups is 1. The number of hydrogen-bond acceptors (Lipinski definition) is 6. The molecule has 2 aromatic heterocycles. The highest BCUT2D eigenvalue weighted by Gasteiger charge is 2.28. The van der Waals surface area contributed by atoms with Crippen LogP contribution in [0.3, 0.4) is 0 Å². The maximum absolute atomic E-state index is 11.9. The highest BCUT2D eigenvalue weighted by atomic mass is 16.5. The molecule has 9 nitrogen and oxygen atoms in total. The molecule has 1 amide bonds. The second kappa shape index (κ2) is 6.19. The first-order chi connectivity index (χ1) is 11.0. The molecular formula is C14H17N5O4. The maximum atomic E-state index is 11.9. The molecular weight excluding hydrogens is 302 g/mol. The quantitative estimate of drug-likeness (QED) is 0.721. The molecule has 2 aromatic rings. The van der Waals surface area contributed by atoms with Crippen molar-refractivity contribution in [3.8, 4) is 0 Å². The van der Waals surface area contributed by atoms with Crippen molar-refractivity contribution in [3.05, 3.63) is 44.3 Å². The third kappa shape index (κ3) is 3.55. The van der Waals surface area contributed by atoms with Gasteiger partial charge in [-0.15, -0.1) is 0 Å². The number of aromatic amines is 1. The summed E-state index contributed by atoms with van der Waals surface area (Å²) in [5, 5.41) is 6.58. The normalized spacial score (nSPS) is 14.0. The van der Waals surface area contributed by atoms with Gasteiger partial charge in [0, 0.05) is 37.7 Å². The van der Waals surface area contributed by atoms with E-state index in [2.05, 4.69) is 20.4 Å². The predicted molar refractivity (Wildman–Crippen MR) is 79.0 cm³/mol. The van der Waals surface area contributed by atoms with Gasteiger partial charge in [0.05, 0.1) is 6.42 Å². The fourth-order valence-electron chi connectivity index (χ4n) is 2.16. The fourth-order valence-corrected chi connectivity index (χ4v) is 2.16. The molecule has 23 heavy (non-hydrogen) atoms. The summed E-state index contributed by atoms with van der Waals surface area (Å²) in [5.41, 5.74) is -0.754. The van der Waals surface area contributed by atoms with Gasteiger partial charge in [-0.25, -0.2) is 4.79 Å². The Morgan fingerprint density at radius 1 is 1.48 bits per heavy atom. The van der Waals surface area contributed by atoms with Crippen LogP contribution in [-0.4, -0.2) is 32.1 Å². The molecule has 1 saturated carbocycles. The minimum atomic E-state index is -0.512. The highest BCUT2D eigenvalue weighted by molar-refractivity contribution is 5.78. The van der Waals surface area contributed by atoms with E-state index in [0.29, 0.717) is 24.8 Å². The van der Waals surface area contributed by atoms with Crippen molar-refractivity contribution >= 4 is 5.91 Å². The van der Waals surface area contributed by atoms with Crippen molar-refractivity contribution in [2.24, 2.45) is 7.05 Å². The van der Waals surface area contributed by atoms with E-state index in [1.807, 2.05) is 0 Å². The van der Waals surface area contributed by atoms with Gasteiger partial charge in [0.15, 0.2) is 5.82 Å². The largest absolute Gasteiger partial charge is 0.355 e. The maximum Gasteiger partial charge on any atom is 0.328 e. The van der Waals surface area contributed by atoms with E-state index in [0.717, 1.165) is 23.2 Å². The molecule has 122 valence electrons. The SMILES string of the molecule is Cn1c(=O)[nH]cc(CC(=O)NCCc2nc(C3CC3)no2)c1=O. The lowest BCUT2D eigenvalue weighted by molar-refractivity contribution is -0.120. The van der Waals surface area contributed by atoms with Gasteiger partial charge in [-0.2, -0.15) is 4.98 Å². The zero-order valence-electron chi connectivity index (χ0n) is 12.7. The Kier molecular flexibility index (Phi) is 4.09. The molecule has 0 unspecified atom stereocenters. The van der Waals surface area contributed by atoms with Crippen LogP contribution >= 0.6 is 0 Å². The lowest BCUT2D eigenvalue weighted by Crippen LogP contribution is -2.36. The van der Waals surface area contributed by atoms with Gasteiger partial charge in [-0.3, -0.25) is 14.2 Å². The van der Waals surface area contributed by atoms with Gasteiger partial charge >= 0.3 is 5.69 Å². The number of nitrogens with one attached hydrogen (secondary N) is 2. The van der Waals surface area contributed by atoms with Crippen LogP contribution in [0, 0.1) is 0 Å². The average Bonchev–Trinajstić information content (AvgIpc) is 3.28. The van der Waals surface area contributed by atoms with Crippen molar-refractivity contribution in [2.75, 3.05) is 6.54 Å². The highest BCUT2D eigenvalue weighted by Crippen LogP contribution is 2.38. The van der Waals surface area contributed by atoms with Crippen molar-refractivity contribution in [3.63, 3.8) is 0 Å². The molecule has 0 aromatic carbocycles. The van der Waals surface area contributed by atoms with E-state index in [1.54, 1.807) is 0 Å². The minimum absolute atomic E-state index is 0.0966.